The summed E-state index contributed by atoms with van der Waals surface area (Å²) < 4.78 is 0. The normalized spacial score (nSPS) is 44.2. The van der Waals surface area contributed by atoms with E-state index in [0.29, 0.717) is 11.5 Å². The molecule has 0 spiro atoms. The number of hydrogen-bond donors (Lipinski definition) is 1. The van der Waals surface area contributed by atoms with Gasteiger partial charge in [0.05, 0.1) is 0 Å². The SMILES string of the molecule is CCCCCC[C@@H]1[C@H]2C=C[C@H]3C(C(=O)O)=CC[C@@H]4C[C@@H]1[C@@H]2[C@H]43. The molecule has 0 aromatic rings. The van der Waals surface area contributed by atoms with Crippen LogP contribution < -0.4 is 0 Å². The molecule has 2 nitrogen and oxygen atoms in total. The molecule has 0 aromatic carbocycles. The Labute approximate surface area is 133 Å². The van der Waals surface area contributed by atoms with Crippen molar-refractivity contribution in [2.24, 2.45) is 41.4 Å². The predicted molar refractivity (Wildman–Crippen MR) is 87.3 cm³/mol. The lowest BCUT2D eigenvalue weighted by molar-refractivity contribution is -0.133. The number of carbonyl (C=O) groups is 1. The second-order valence-corrected chi connectivity index (χ2v) is 8.02. The molecular formula is C20H28O2. The Morgan fingerprint density at radius 3 is 2.86 bits per heavy atom. The Balaban J connectivity index is 1.49. The number of hydrogen-bond acceptors (Lipinski definition) is 1. The lowest BCUT2D eigenvalue weighted by Gasteiger charge is -2.54. The minimum absolute atomic E-state index is 0.212. The van der Waals surface area contributed by atoms with Crippen LogP contribution in [0.2, 0.25) is 0 Å². The molecule has 2 heteroatoms. The van der Waals surface area contributed by atoms with Crippen molar-refractivity contribution in [3.8, 4) is 0 Å². The molecule has 4 rings (SSSR count). The third-order valence-electron chi connectivity index (χ3n) is 7.14. The Hall–Kier alpha value is -1.05. The van der Waals surface area contributed by atoms with Gasteiger partial charge in [0.2, 0.25) is 0 Å². The van der Waals surface area contributed by atoms with Crippen molar-refractivity contribution in [1.29, 1.82) is 0 Å². The molecule has 0 bridgehead atoms. The maximum atomic E-state index is 11.5. The summed E-state index contributed by atoms with van der Waals surface area (Å²) in [6.45, 7) is 2.28. The quantitative estimate of drug-likeness (QED) is 0.571. The molecule has 1 N–H and O–H groups in total. The number of allylic oxidation sites excluding steroid dienone is 3. The smallest absolute Gasteiger partial charge is 0.331 e. The van der Waals surface area contributed by atoms with Gasteiger partial charge in [-0.2, -0.15) is 0 Å². The Kier molecular flexibility index (Phi) is 3.66. The average Bonchev–Trinajstić information content (AvgIpc) is 2.85. The van der Waals surface area contributed by atoms with Gasteiger partial charge in [-0.25, -0.2) is 4.79 Å². The third-order valence-corrected chi connectivity index (χ3v) is 7.14. The molecule has 4 aliphatic rings. The Morgan fingerprint density at radius 2 is 2.09 bits per heavy atom. The first kappa shape index (κ1) is 14.5. The fourth-order valence-electron chi connectivity index (χ4n) is 6.29. The van der Waals surface area contributed by atoms with Crippen LogP contribution in [0.1, 0.15) is 51.9 Å². The second-order valence-electron chi connectivity index (χ2n) is 8.02. The van der Waals surface area contributed by atoms with Crippen molar-refractivity contribution in [2.45, 2.75) is 51.9 Å². The fraction of sp³-hybridized carbons (Fsp3) is 0.750. The maximum Gasteiger partial charge on any atom is 0.331 e. The summed E-state index contributed by atoms with van der Waals surface area (Å²) in [4.78, 5) is 11.5. The van der Waals surface area contributed by atoms with E-state index in [-0.39, 0.29) is 5.92 Å². The molecule has 0 radical (unpaired) electrons. The van der Waals surface area contributed by atoms with Crippen molar-refractivity contribution < 1.29 is 9.90 Å². The van der Waals surface area contributed by atoms with Crippen LogP contribution in [0.25, 0.3) is 0 Å². The van der Waals surface area contributed by atoms with E-state index >= 15 is 0 Å². The molecule has 0 unspecified atom stereocenters. The van der Waals surface area contributed by atoms with Gasteiger partial charge >= 0.3 is 5.97 Å². The number of aliphatic carboxylic acids is 1. The molecule has 120 valence electrons. The van der Waals surface area contributed by atoms with Gasteiger partial charge in [-0.15, -0.1) is 0 Å². The zero-order valence-electron chi connectivity index (χ0n) is 13.6. The van der Waals surface area contributed by atoms with Crippen LogP contribution in [-0.2, 0) is 4.79 Å². The summed E-state index contributed by atoms with van der Waals surface area (Å²) in [6.07, 6.45) is 15.9. The number of rotatable bonds is 6. The molecule has 0 heterocycles. The first-order valence-electron chi connectivity index (χ1n) is 9.34. The van der Waals surface area contributed by atoms with Crippen LogP contribution in [0.3, 0.4) is 0 Å². The van der Waals surface area contributed by atoms with E-state index in [9.17, 15) is 9.90 Å². The van der Waals surface area contributed by atoms with E-state index < -0.39 is 5.97 Å². The molecule has 22 heavy (non-hydrogen) atoms. The maximum absolute atomic E-state index is 11.5. The predicted octanol–water partition coefficient (Wildman–Crippen LogP) is 4.67. The molecule has 0 amide bonds. The molecule has 7 atom stereocenters. The molecule has 2 fully saturated rings. The van der Waals surface area contributed by atoms with Gasteiger partial charge in [-0.05, 0) is 54.8 Å². The minimum atomic E-state index is -0.689. The molecular weight excluding hydrogens is 272 g/mol. The standard InChI is InChI=1S/C20H28O2/c1-2-3-4-5-6-13-14-9-10-15-16(20(21)22)8-7-12-11-17(13)19(14)18(12)15/h8-10,12-15,17-19H,2-7,11H2,1H3,(H,21,22)/t12-,13-,14-,15+,17+,18-,19-/m1/s1. The van der Waals surface area contributed by atoms with Gasteiger partial charge in [0.1, 0.15) is 0 Å². The zero-order chi connectivity index (χ0) is 15.3. The van der Waals surface area contributed by atoms with Gasteiger partial charge in [0, 0.05) is 11.5 Å². The second kappa shape index (κ2) is 5.54. The van der Waals surface area contributed by atoms with Crippen LogP contribution in [0.4, 0.5) is 0 Å². The van der Waals surface area contributed by atoms with E-state index in [1.54, 1.807) is 0 Å². The monoisotopic (exact) mass is 300 g/mol. The van der Waals surface area contributed by atoms with Gasteiger partial charge < -0.3 is 5.11 Å². The van der Waals surface area contributed by atoms with Crippen LogP contribution in [0.5, 0.6) is 0 Å². The first-order valence-corrected chi connectivity index (χ1v) is 9.34. The van der Waals surface area contributed by atoms with E-state index in [1.807, 2.05) is 6.08 Å². The summed E-state index contributed by atoms with van der Waals surface area (Å²) in [7, 11) is 0. The highest BCUT2D eigenvalue weighted by atomic mass is 16.4. The summed E-state index contributed by atoms with van der Waals surface area (Å²) in [5.41, 5.74) is 0.683. The van der Waals surface area contributed by atoms with Crippen molar-refractivity contribution >= 4 is 5.97 Å². The van der Waals surface area contributed by atoms with Gasteiger partial charge in [0.15, 0.2) is 0 Å². The molecule has 4 aliphatic carbocycles. The molecule has 0 saturated heterocycles. The van der Waals surface area contributed by atoms with Crippen LogP contribution in [-0.4, -0.2) is 11.1 Å². The first-order chi connectivity index (χ1) is 10.7. The number of unbranched alkanes of at least 4 members (excludes halogenated alkanes) is 3. The largest absolute Gasteiger partial charge is 0.478 e. The Morgan fingerprint density at radius 1 is 1.23 bits per heavy atom. The van der Waals surface area contributed by atoms with E-state index in [4.69, 9.17) is 0 Å². The van der Waals surface area contributed by atoms with Gasteiger partial charge in [0.25, 0.3) is 0 Å². The lowest BCUT2D eigenvalue weighted by Crippen LogP contribution is -2.49. The zero-order valence-corrected chi connectivity index (χ0v) is 13.6. The van der Waals surface area contributed by atoms with Crippen molar-refractivity contribution in [3.63, 3.8) is 0 Å². The number of carboxylic acid groups (broad SMARTS) is 1. The highest BCUT2D eigenvalue weighted by molar-refractivity contribution is 5.88. The third kappa shape index (κ3) is 2.02. The lowest BCUT2D eigenvalue weighted by atomic mass is 9.50. The summed E-state index contributed by atoms with van der Waals surface area (Å²) in [5.74, 6) is 4.30. The summed E-state index contributed by atoms with van der Waals surface area (Å²) in [6, 6.07) is 0. The average molecular weight is 300 g/mol. The van der Waals surface area contributed by atoms with Gasteiger partial charge in [-0.1, -0.05) is 50.8 Å². The number of carboxylic acids is 1. The van der Waals surface area contributed by atoms with E-state index in [1.165, 1.54) is 38.5 Å². The van der Waals surface area contributed by atoms with E-state index in [0.717, 1.165) is 36.0 Å². The van der Waals surface area contributed by atoms with Crippen LogP contribution >= 0.6 is 0 Å². The summed E-state index contributed by atoms with van der Waals surface area (Å²) in [5, 5.41) is 9.46. The topological polar surface area (TPSA) is 37.3 Å². The minimum Gasteiger partial charge on any atom is -0.478 e. The van der Waals surface area contributed by atoms with Crippen molar-refractivity contribution in [3.05, 3.63) is 23.8 Å². The Bertz CT molecular complexity index is 518. The molecule has 0 aromatic heterocycles. The molecule has 2 saturated carbocycles. The summed E-state index contributed by atoms with van der Waals surface area (Å²) >= 11 is 0. The van der Waals surface area contributed by atoms with Crippen molar-refractivity contribution in [1.82, 2.24) is 0 Å². The van der Waals surface area contributed by atoms with Crippen LogP contribution in [0, 0.1) is 41.4 Å². The van der Waals surface area contributed by atoms with Crippen LogP contribution in [0.15, 0.2) is 23.8 Å². The van der Waals surface area contributed by atoms with Crippen molar-refractivity contribution in [2.75, 3.05) is 0 Å². The van der Waals surface area contributed by atoms with E-state index in [2.05, 4.69) is 19.1 Å². The van der Waals surface area contributed by atoms with Gasteiger partial charge in [-0.3, -0.25) is 0 Å². The fourth-order valence-corrected chi connectivity index (χ4v) is 6.29. The molecule has 0 aliphatic heterocycles. The highest BCUT2D eigenvalue weighted by Gasteiger charge is 2.62. The highest BCUT2D eigenvalue weighted by Crippen LogP contribution is 2.67.